The van der Waals surface area contributed by atoms with Crippen LogP contribution in [0.15, 0.2) is 29.2 Å². The quantitative estimate of drug-likeness (QED) is 0.664. The number of halogens is 2. The van der Waals surface area contributed by atoms with E-state index < -0.39 is 10.0 Å². The largest absolute Gasteiger partial charge is 0.323 e. The Bertz CT molecular complexity index is 1120. The van der Waals surface area contributed by atoms with E-state index in [9.17, 15) is 13.2 Å². The maximum atomic E-state index is 13.5. The van der Waals surface area contributed by atoms with Gasteiger partial charge >= 0.3 is 0 Å². The van der Waals surface area contributed by atoms with Crippen molar-refractivity contribution in [1.82, 2.24) is 4.31 Å². The first-order valence-electron chi connectivity index (χ1n) is 10.6. The molecule has 1 saturated heterocycles. The van der Waals surface area contributed by atoms with Crippen LogP contribution in [0.4, 0.5) is 5.69 Å². The average Bonchev–Trinajstić information content (AvgIpc) is 2.74. The second-order valence-electron chi connectivity index (χ2n) is 8.49. The Hall–Kier alpha value is -1.64. The number of nitrogens with one attached hydrogen (secondary N) is 2. The highest BCUT2D eigenvalue weighted by molar-refractivity contribution is 7.89. The van der Waals surface area contributed by atoms with Gasteiger partial charge in [-0.3, -0.25) is 4.79 Å². The summed E-state index contributed by atoms with van der Waals surface area (Å²) in [5, 5.41) is 3.72. The Morgan fingerprint density at radius 2 is 1.59 bits per heavy atom. The van der Waals surface area contributed by atoms with E-state index in [1.165, 1.54) is 0 Å². The lowest BCUT2D eigenvalue weighted by atomic mass is 10.0. The number of nitrogens with zero attached hydrogens (tertiary/aromatic N) is 1. The third kappa shape index (κ3) is 4.97. The summed E-state index contributed by atoms with van der Waals surface area (Å²) >= 11 is 12.1. The number of hydrogen-bond donors (Lipinski definition) is 2. The van der Waals surface area contributed by atoms with Gasteiger partial charge in [0.2, 0.25) is 10.0 Å². The number of amides is 1. The van der Waals surface area contributed by atoms with Crippen molar-refractivity contribution in [2.24, 2.45) is 0 Å². The molecule has 2 aromatic rings. The SMILES string of the molecule is Cc1cc(C)c(C)c(S(=O)(=O)N2CC[NH+]([C@@H](C)C(=O)Nc3ccc(Cl)cc3Cl)CC2)c1C. The lowest BCUT2D eigenvalue weighted by molar-refractivity contribution is -0.917. The number of piperazine rings is 1. The van der Waals surface area contributed by atoms with E-state index >= 15 is 0 Å². The number of aryl methyl sites for hydroxylation is 2. The second kappa shape index (κ2) is 9.69. The van der Waals surface area contributed by atoms with Gasteiger partial charge in [0.25, 0.3) is 5.91 Å². The van der Waals surface area contributed by atoms with Crippen LogP contribution in [0.25, 0.3) is 0 Å². The van der Waals surface area contributed by atoms with Crippen LogP contribution in [0.3, 0.4) is 0 Å². The molecule has 1 fully saturated rings. The zero-order valence-electron chi connectivity index (χ0n) is 19.1. The zero-order chi connectivity index (χ0) is 23.8. The molecule has 0 aromatic heterocycles. The van der Waals surface area contributed by atoms with Crippen LogP contribution in [-0.4, -0.2) is 50.9 Å². The molecule has 0 saturated carbocycles. The number of carbonyl (C=O) groups is 1. The number of sulfonamides is 1. The third-order valence-corrected chi connectivity index (χ3v) is 9.18. The van der Waals surface area contributed by atoms with Gasteiger partial charge in [-0.1, -0.05) is 29.3 Å². The molecular formula is C23H30Cl2N3O3S+. The van der Waals surface area contributed by atoms with Crippen LogP contribution < -0.4 is 10.2 Å². The summed E-state index contributed by atoms with van der Waals surface area (Å²) in [7, 11) is -3.61. The van der Waals surface area contributed by atoms with Crippen molar-refractivity contribution >= 4 is 44.8 Å². The van der Waals surface area contributed by atoms with E-state index in [1.54, 1.807) is 22.5 Å². The summed E-state index contributed by atoms with van der Waals surface area (Å²) in [6.07, 6.45) is 0. The van der Waals surface area contributed by atoms with E-state index in [1.807, 2.05) is 40.7 Å². The predicted molar refractivity (Wildman–Crippen MR) is 129 cm³/mol. The van der Waals surface area contributed by atoms with Crippen molar-refractivity contribution in [1.29, 1.82) is 0 Å². The number of anilines is 1. The number of hydrogen-bond acceptors (Lipinski definition) is 3. The molecule has 0 radical (unpaired) electrons. The maximum absolute atomic E-state index is 13.5. The van der Waals surface area contributed by atoms with Crippen molar-refractivity contribution in [3.8, 4) is 0 Å². The summed E-state index contributed by atoms with van der Waals surface area (Å²) in [5.41, 5.74) is 4.06. The molecule has 9 heteroatoms. The minimum Gasteiger partial charge on any atom is -0.323 e. The van der Waals surface area contributed by atoms with E-state index in [2.05, 4.69) is 5.32 Å². The molecule has 0 spiro atoms. The second-order valence-corrected chi connectivity index (χ2v) is 11.2. The zero-order valence-corrected chi connectivity index (χ0v) is 21.4. The molecule has 32 heavy (non-hydrogen) atoms. The van der Waals surface area contributed by atoms with Crippen molar-refractivity contribution in [3.05, 3.63) is 56.6 Å². The Labute approximate surface area is 200 Å². The van der Waals surface area contributed by atoms with Crippen LogP contribution in [-0.2, 0) is 14.8 Å². The van der Waals surface area contributed by atoms with Gasteiger partial charge in [0.05, 0.1) is 41.8 Å². The summed E-state index contributed by atoms with van der Waals surface area (Å²) in [6.45, 7) is 11.3. The summed E-state index contributed by atoms with van der Waals surface area (Å²) in [5.74, 6) is -0.165. The van der Waals surface area contributed by atoms with E-state index in [0.717, 1.165) is 27.2 Å². The van der Waals surface area contributed by atoms with Crippen molar-refractivity contribution in [3.63, 3.8) is 0 Å². The van der Waals surface area contributed by atoms with E-state index in [4.69, 9.17) is 23.2 Å². The molecule has 6 nitrogen and oxygen atoms in total. The minimum absolute atomic E-state index is 0.165. The molecule has 174 valence electrons. The summed E-state index contributed by atoms with van der Waals surface area (Å²) < 4.78 is 28.5. The van der Waals surface area contributed by atoms with Crippen LogP contribution in [0.5, 0.6) is 0 Å². The first kappa shape index (κ1) is 25.0. The number of rotatable bonds is 5. The fourth-order valence-electron chi connectivity index (χ4n) is 4.16. The number of benzene rings is 2. The molecule has 0 bridgehead atoms. The third-order valence-electron chi connectivity index (χ3n) is 6.45. The lowest BCUT2D eigenvalue weighted by Gasteiger charge is -2.34. The van der Waals surface area contributed by atoms with Crippen LogP contribution >= 0.6 is 23.2 Å². The molecule has 1 atom stereocenters. The Morgan fingerprint density at radius 1 is 1.03 bits per heavy atom. The van der Waals surface area contributed by atoms with Crippen molar-refractivity contribution < 1.29 is 18.1 Å². The summed E-state index contributed by atoms with van der Waals surface area (Å²) in [6, 6.07) is 6.59. The first-order valence-corrected chi connectivity index (χ1v) is 12.8. The molecule has 1 amide bonds. The molecule has 2 N–H and O–H groups in total. The van der Waals surface area contributed by atoms with Crippen LogP contribution in [0, 0.1) is 27.7 Å². The highest BCUT2D eigenvalue weighted by Crippen LogP contribution is 2.29. The summed E-state index contributed by atoms with van der Waals surface area (Å²) in [4.78, 5) is 14.2. The Morgan fingerprint density at radius 3 is 2.12 bits per heavy atom. The van der Waals surface area contributed by atoms with Gasteiger partial charge in [0.15, 0.2) is 6.04 Å². The molecule has 1 aliphatic rings. The van der Waals surface area contributed by atoms with Gasteiger partial charge in [-0.2, -0.15) is 4.31 Å². The molecule has 0 aliphatic carbocycles. The molecule has 1 aliphatic heterocycles. The van der Waals surface area contributed by atoms with Gasteiger partial charge in [-0.05, 0) is 75.1 Å². The maximum Gasteiger partial charge on any atom is 0.282 e. The lowest BCUT2D eigenvalue weighted by Crippen LogP contribution is -3.19. The normalized spacial score (nSPS) is 16.7. The van der Waals surface area contributed by atoms with Gasteiger partial charge in [-0.25, -0.2) is 8.42 Å². The molecular weight excluding hydrogens is 469 g/mol. The molecule has 0 unspecified atom stereocenters. The molecule has 3 rings (SSSR count). The van der Waals surface area contributed by atoms with E-state index in [0.29, 0.717) is 46.8 Å². The predicted octanol–water partition coefficient (Wildman–Crippen LogP) is 3.14. The van der Waals surface area contributed by atoms with Gasteiger partial charge in [0, 0.05) is 5.02 Å². The first-order chi connectivity index (χ1) is 14.9. The van der Waals surface area contributed by atoms with Gasteiger partial charge < -0.3 is 10.2 Å². The highest BCUT2D eigenvalue weighted by Gasteiger charge is 2.36. The minimum atomic E-state index is -3.61. The number of quaternary nitrogens is 1. The Balaban J connectivity index is 1.70. The average molecular weight is 499 g/mol. The van der Waals surface area contributed by atoms with Crippen LogP contribution in [0.2, 0.25) is 10.0 Å². The van der Waals surface area contributed by atoms with Crippen molar-refractivity contribution in [2.75, 3.05) is 31.5 Å². The van der Waals surface area contributed by atoms with Gasteiger partial charge in [-0.15, -0.1) is 0 Å². The van der Waals surface area contributed by atoms with E-state index in [-0.39, 0.29) is 11.9 Å². The van der Waals surface area contributed by atoms with Gasteiger partial charge in [0.1, 0.15) is 0 Å². The Kier molecular flexibility index (Phi) is 7.57. The smallest absolute Gasteiger partial charge is 0.282 e. The number of carbonyl (C=O) groups excluding carboxylic acids is 1. The van der Waals surface area contributed by atoms with Crippen molar-refractivity contribution in [2.45, 2.75) is 45.6 Å². The fourth-order valence-corrected chi connectivity index (χ4v) is 6.63. The standard InChI is InChI=1S/C23H29Cl2N3O3S/c1-14-12-15(2)17(4)22(16(14)3)32(30,31)28-10-8-27(9-11-28)18(5)23(29)26-21-7-6-19(24)13-20(21)25/h6-7,12-13,18H,8-11H2,1-5H3,(H,26,29)/p+1/t18-/m0/s1. The highest BCUT2D eigenvalue weighted by atomic mass is 35.5. The fraction of sp³-hybridized carbons (Fsp3) is 0.435. The van der Waals surface area contributed by atoms with Crippen LogP contribution in [0.1, 0.15) is 29.2 Å². The monoisotopic (exact) mass is 498 g/mol. The molecule has 2 aromatic carbocycles. The molecule has 1 heterocycles. The topological polar surface area (TPSA) is 70.9 Å².